The van der Waals surface area contributed by atoms with Crippen molar-refractivity contribution < 1.29 is 23.0 Å². The number of carbonyl (C=O) groups is 1. The van der Waals surface area contributed by atoms with Gasteiger partial charge in [-0.05, 0) is 48.2 Å². The van der Waals surface area contributed by atoms with Crippen LogP contribution in [0.25, 0.3) is 0 Å². The van der Waals surface area contributed by atoms with Crippen LogP contribution in [0.1, 0.15) is 21.5 Å². The van der Waals surface area contributed by atoms with Crippen LogP contribution in [0.15, 0.2) is 47.5 Å². The van der Waals surface area contributed by atoms with Crippen LogP contribution in [-0.2, 0) is 12.8 Å². The van der Waals surface area contributed by atoms with Crippen LogP contribution in [0.3, 0.4) is 0 Å². The Bertz CT molecular complexity index is 926. The molecule has 2 aromatic carbocycles. The molecule has 2 aromatic rings. The minimum atomic E-state index is -2.91. The summed E-state index contributed by atoms with van der Waals surface area (Å²) < 4.78 is 34.7. The maximum Gasteiger partial charge on any atom is 0.387 e. The predicted molar refractivity (Wildman–Crippen MR) is 136 cm³/mol. The maximum atomic E-state index is 12.6. The zero-order chi connectivity index (χ0) is 23.5. The molecule has 0 saturated carbocycles. The number of rotatable bonds is 10. The number of benzene rings is 2. The van der Waals surface area contributed by atoms with E-state index in [2.05, 4.69) is 20.4 Å². The maximum absolute atomic E-state index is 12.6. The molecule has 0 heterocycles. The van der Waals surface area contributed by atoms with Gasteiger partial charge in [0.2, 0.25) is 0 Å². The standard InChI is InChI=1S/C23H30F2N4O3.HI/c1-26-23(27-12-10-16-6-5-7-18(14-16)21(30)29(2)3)28-13-11-17-8-9-19(31-4)20(15-17)32-22(24)25;/h5-9,14-15,22H,10-13H2,1-4H3,(H2,26,27,28);1H. The summed E-state index contributed by atoms with van der Waals surface area (Å²) in [5.41, 5.74) is 2.53. The highest BCUT2D eigenvalue weighted by Crippen LogP contribution is 2.29. The van der Waals surface area contributed by atoms with Gasteiger partial charge < -0.3 is 25.0 Å². The SMILES string of the molecule is CN=C(NCCc1cccc(C(=O)N(C)C)c1)NCCc1ccc(OC)c(OC(F)F)c1.I. The number of hydrogen-bond donors (Lipinski definition) is 2. The number of ether oxygens (including phenoxy) is 2. The second-order valence-electron chi connectivity index (χ2n) is 7.19. The lowest BCUT2D eigenvalue weighted by molar-refractivity contribution is -0.0512. The van der Waals surface area contributed by atoms with E-state index in [9.17, 15) is 13.6 Å². The number of nitrogens with zero attached hydrogens (tertiary/aromatic N) is 2. The number of halogens is 3. The molecule has 0 aliphatic carbocycles. The van der Waals surface area contributed by atoms with Gasteiger partial charge in [0.1, 0.15) is 0 Å². The topological polar surface area (TPSA) is 75.2 Å². The van der Waals surface area contributed by atoms with Crippen LogP contribution in [0.2, 0.25) is 0 Å². The minimum absolute atomic E-state index is 0. The summed E-state index contributed by atoms with van der Waals surface area (Å²) in [5, 5.41) is 6.43. The molecule has 0 bridgehead atoms. The summed E-state index contributed by atoms with van der Waals surface area (Å²) >= 11 is 0. The number of guanidine groups is 1. The number of carbonyl (C=O) groups excluding carboxylic acids is 1. The number of methoxy groups -OCH3 is 1. The molecule has 182 valence electrons. The molecule has 0 aromatic heterocycles. The largest absolute Gasteiger partial charge is 0.493 e. The molecule has 0 aliphatic heterocycles. The summed E-state index contributed by atoms with van der Waals surface area (Å²) in [7, 11) is 6.53. The summed E-state index contributed by atoms with van der Waals surface area (Å²) in [5.74, 6) is 0.870. The quantitative estimate of drug-likeness (QED) is 0.257. The molecule has 2 N–H and O–H groups in total. The molecular weight excluding hydrogens is 545 g/mol. The van der Waals surface area contributed by atoms with E-state index >= 15 is 0 Å². The number of amides is 1. The Kier molecular flexibility index (Phi) is 12.5. The Balaban J connectivity index is 0.00000544. The molecule has 1 amide bonds. The van der Waals surface area contributed by atoms with Gasteiger partial charge in [-0.15, -0.1) is 24.0 Å². The van der Waals surface area contributed by atoms with Gasteiger partial charge >= 0.3 is 6.61 Å². The smallest absolute Gasteiger partial charge is 0.387 e. The van der Waals surface area contributed by atoms with E-state index in [-0.39, 0.29) is 41.4 Å². The molecule has 0 spiro atoms. The fourth-order valence-electron chi connectivity index (χ4n) is 3.05. The van der Waals surface area contributed by atoms with Crippen molar-refractivity contribution in [2.24, 2.45) is 4.99 Å². The molecule has 7 nitrogen and oxygen atoms in total. The first-order valence-corrected chi connectivity index (χ1v) is 10.2. The molecule has 2 rings (SSSR count). The highest BCUT2D eigenvalue weighted by atomic mass is 127. The lowest BCUT2D eigenvalue weighted by atomic mass is 10.1. The summed E-state index contributed by atoms with van der Waals surface area (Å²) in [6.45, 7) is -1.73. The van der Waals surface area contributed by atoms with Gasteiger partial charge in [-0.2, -0.15) is 8.78 Å². The van der Waals surface area contributed by atoms with Gasteiger partial charge in [0, 0.05) is 39.8 Å². The van der Waals surface area contributed by atoms with Gasteiger partial charge in [0.25, 0.3) is 5.91 Å². The molecule has 0 atom stereocenters. The van der Waals surface area contributed by atoms with Crippen molar-refractivity contribution in [2.75, 3.05) is 41.3 Å². The molecule has 0 fully saturated rings. The van der Waals surface area contributed by atoms with Crippen LogP contribution in [0.4, 0.5) is 8.78 Å². The number of alkyl halides is 2. The van der Waals surface area contributed by atoms with Crippen molar-refractivity contribution in [3.8, 4) is 11.5 Å². The monoisotopic (exact) mass is 576 g/mol. The summed E-state index contributed by atoms with van der Waals surface area (Å²) in [6.07, 6.45) is 1.31. The Morgan fingerprint density at radius 3 is 2.21 bits per heavy atom. The van der Waals surface area contributed by atoms with E-state index in [1.807, 2.05) is 18.2 Å². The average Bonchev–Trinajstić information content (AvgIpc) is 2.77. The highest BCUT2D eigenvalue weighted by molar-refractivity contribution is 14.0. The van der Waals surface area contributed by atoms with E-state index < -0.39 is 6.61 Å². The van der Waals surface area contributed by atoms with Crippen LogP contribution >= 0.6 is 24.0 Å². The van der Waals surface area contributed by atoms with Gasteiger partial charge in [0.05, 0.1) is 7.11 Å². The van der Waals surface area contributed by atoms with Crippen molar-refractivity contribution in [2.45, 2.75) is 19.5 Å². The van der Waals surface area contributed by atoms with Crippen molar-refractivity contribution >= 4 is 35.8 Å². The Labute approximate surface area is 210 Å². The van der Waals surface area contributed by atoms with E-state index in [4.69, 9.17) is 4.74 Å². The van der Waals surface area contributed by atoms with Gasteiger partial charge in [-0.25, -0.2) is 0 Å². The molecule has 10 heteroatoms. The highest BCUT2D eigenvalue weighted by Gasteiger charge is 2.11. The molecule has 0 saturated heterocycles. The van der Waals surface area contributed by atoms with Gasteiger partial charge in [0.15, 0.2) is 17.5 Å². The van der Waals surface area contributed by atoms with Gasteiger partial charge in [-0.1, -0.05) is 18.2 Å². The fraction of sp³-hybridized carbons (Fsp3) is 0.391. The van der Waals surface area contributed by atoms with Crippen molar-refractivity contribution in [3.63, 3.8) is 0 Å². The molecule has 0 radical (unpaired) electrons. The predicted octanol–water partition coefficient (Wildman–Crippen LogP) is 3.57. The molecule has 0 aliphatic rings. The van der Waals surface area contributed by atoms with Crippen molar-refractivity contribution in [3.05, 3.63) is 59.2 Å². The van der Waals surface area contributed by atoms with Crippen molar-refractivity contribution in [1.82, 2.24) is 15.5 Å². The number of nitrogens with one attached hydrogen (secondary N) is 2. The zero-order valence-corrected chi connectivity index (χ0v) is 21.6. The van der Waals surface area contributed by atoms with Crippen LogP contribution in [0, 0.1) is 0 Å². The summed E-state index contributed by atoms with van der Waals surface area (Å²) in [6, 6.07) is 12.5. The first-order chi connectivity index (χ1) is 15.3. The Morgan fingerprint density at radius 1 is 1.03 bits per heavy atom. The molecular formula is C23H31F2IN4O3. The molecule has 33 heavy (non-hydrogen) atoms. The normalized spacial score (nSPS) is 10.9. The van der Waals surface area contributed by atoms with E-state index in [0.717, 1.165) is 17.5 Å². The van der Waals surface area contributed by atoms with Crippen LogP contribution < -0.4 is 20.1 Å². The van der Waals surface area contributed by atoms with E-state index in [0.29, 0.717) is 31.0 Å². The zero-order valence-electron chi connectivity index (χ0n) is 19.2. The Hall–Kier alpha value is -2.63. The van der Waals surface area contributed by atoms with Gasteiger partial charge in [-0.3, -0.25) is 9.79 Å². The lowest BCUT2D eigenvalue weighted by Crippen LogP contribution is -2.39. The fourth-order valence-corrected chi connectivity index (χ4v) is 3.05. The van der Waals surface area contributed by atoms with Crippen molar-refractivity contribution in [1.29, 1.82) is 0 Å². The number of hydrogen-bond acceptors (Lipinski definition) is 4. The lowest BCUT2D eigenvalue weighted by Gasteiger charge is -2.14. The number of aliphatic imine (C=N–C) groups is 1. The Morgan fingerprint density at radius 2 is 1.67 bits per heavy atom. The second-order valence-corrected chi connectivity index (χ2v) is 7.19. The van der Waals surface area contributed by atoms with E-state index in [1.165, 1.54) is 7.11 Å². The van der Waals surface area contributed by atoms with Crippen LogP contribution in [0.5, 0.6) is 11.5 Å². The summed E-state index contributed by atoms with van der Waals surface area (Å²) in [4.78, 5) is 17.8. The average molecular weight is 576 g/mol. The minimum Gasteiger partial charge on any atom is -0.493 e. The van der Waals surface area contributed by atoms with Crippen LogP contribution in [-0.4, -0.2) is 64.7 Å². The first kappa shape index (κ1) is 28.4. The van der Waals surface area contributed by atoms with E-state index in [1.54, 1.807) is 50.3 Å². The third-order valence-electron chi connectivity index (χ3n) is 4.66. The molecule has 0 unspecified atom stereocenters. The first-order valence-electron chi connectivity index (χ1n) is 10.2. The third-order valence-corrected chi connectivity index (χ3v) is 4.66. The third kappa shape index (κ3) is 9.40. The second kappa shape index (κ2) is 14.5.